The fourth-order valence-electron chi connectivity index (χ4n) is 2.23. The molecule has 0 bridgehead atoms. The summed E-state index contributed by atoms with van der Waals surface area (Å²) in [6, 6.07) is 13.4. The molecule has 0 aliphatic rings. The van der Waals surface area contributed by atoms with E-state index in [0.717, 1.165) is 16.3 Å². The van der Waals surface area contributed by atoms with Crippen molar-refractivity contribution in [2.45, 2.75) is 0 Å². The summed E-state index contributed by atoms with van der Waals surface area (Å²) in [5.41, 5.74) is 1.27. The van der Waals surface area contributed by atoms with E-state index in [1.807, 2.05) is 24.3 Å². The van der Waals surface area contributed by atoms with Gasteiger partial charge in [0.05, 0.1) is 13.7 Å². The molecule has 0 aliphatic carbocycles. The molecule has 134 valence electrons. The minimum Gasteiger partial charge on any atom is -0.497 e. The molecular weight excluding hydrogens is 355 g/mol. The Bertz CT molecular complexity index is 881. The second-order valence-corrected chi connectivity index (χ2v) is 6.19. The van der Waals surface area contributed by atoms with Gasteiger partial charge in [0.25, 0.3) is 5.91 Å². The molecule has 1 N–H and O–H groups in total. The first-order valence-corrected chi connectivity index (χ1v) is 8.80. The number of nitrogens with one attached hydrogen (secondary N) is 1. The molecule has 3 aromatic rings. The number of carbonyl (C=O) groups excluding carboxylic acids is 1. The standard InChI is InChI=1S/C19H17FN2O3S/c1-24-15-7-5-13(6-8-15)19-22-17(12-26-19)18(23)21-9-10-25-16-4-2-3-14(20)11-16/h2-8,11-12H,9-10H2,1H3,(H,21,23). The van der Waals surface area contributed by atoms with Gasteiger partial charge in [0.15, 0.2) is 0 Å². The number of methoxy groups -OCH3 is 1. The Morgan fingerprint density at radius 3 is 2.73 bits per heavy atom. The highest BCUT2D eigenvalue weighted by molar-refractivity contribution is 7.13. The highest BCUT2D eigenvalue weighted by atomic mass is 32.1. The average molecular weight is 372 g/mol. The zero-order chi connectivity index (χ0) is 18.4. The fraction of sp³-hybridized carbons (Fsp3) is 0.158. The fourth-order valence-corrected chi connectivity index (χ4v) is 3.03. The maximum atomic E-state index is 13.0. The van der Waals surface area contributed by atoms with Crippen LogP contribution in [0.4, 0.5) is 4.39 Å². The Morgan fingerprint density at radius 1 is 1.19 bits per heavy atom. The first-order chi connectivity index (χ1) is 12.7. The third-order valence-electron chi connectivity index (χ3n) is 3.53. The number of aromatic nitrogens is 1. The van der Waals surface area contributed by atoms with Gasteiger partial charge in [0.2, 0.25) is 0 Å². The van der Waals surface area contributed by atoms with E-state index in [1.54, 1.807) is 24.6 Å². The topological polar surface area (TPSA) is 60.5 Å². The summed E-state index contributed by atoms with van der Waals surface area (Å²) in [4.78, 5) is 16.5. The zero-order valence-corrected chi connectivity index (χ0v) is 14.9. The van der Waals surface area contributed by atoms with Gasteiger partial charge in [-0.05, 0) is 36.4 Å². The van der Waals surface area contributed by atoms with Crippen LogP contribution in [0.3, 0.4) is 0 Å². The lowest BCUT2D eigenvalue weighted by atomic mass is 10.2. The molecular formula is C19H17FN2O3S. The van der Waals surface area contributed by atoms with Crippen molar-refractivity contribution in [3.8, 4) is 22.1 Å². The number of hydrogen-bond donors (Lipinski definition) is 1. The number of amides is 1. The monoisotopic (exact) mass is 372 g/mol. The Morgan fingerprint density at radius 2 is 2.00 bits per heavy atom. The number of ether oxygens (including phenoxy) is 2. The highest BCUT2D eigenvalue weighted by Crippen LogP contribution is 2.25. The van der Waals surface area contributed by atoms with Crippen LogP contribution in [-0.4, -0.2) is 31.2 Å². The summed E-state index contributed by atoms with van der Waals surface area (Å²) in [6.45, 7) is 0.537. The quantitative estimate of drug-likeness (QED) is 0.642. The molecule has 1 aromatic heterocycles. The predicted octanol–water partition coefficient (Wildman–Crippen LogP) is 3.77. The van der Waals surface area contributed by atoms with E-state index >= 15 is 0 Å². The summed E-state index contributed by atoms with van der Waals surface area (Å²) in [7, 11) is 1.61. The van der Waals surface area contributed by atoms with E-state index in [4.69, 9.17) is 9.47 Å². The summed E-state index contributed by atoms with van der Waals surface area (Å²) in [6.07, 6.45) is 0. The molecule has 5 nitrogen and oxygen atoms in total. The Labute approximate surface area is 154 Å². The molecule has 0 unspecified atom stereocenters. The Kier molecular flexibility index (Phi) is 5.80. The summed E-state index contributed by atoms with van der Waals surface area (Å²) in [5, 5.41) is 5.20. The first kappa shape index (κ1) is 17.9. The number of rotatable bonds is 7. The lowest BCUT2D eigenvalue weighted by molar-refractivity contribution is 0.0942. The zero-order valence-electron chi connectivity index (χ0n) is 14.1. The minimum absolute atomic E-state index is 0.241. The Balaban J connectivity index is 1.51. The SMILES string of the molecule is COc1ccc(-c2nc(C(=O)NCCOc3cccc(F)c3)cs2)cc1. The summed E-state index contributed by atoms with van der Waals surface area (Å²) in [5.74, 6) is 0.556. The van der Waals surface area contributed by atoms with Crippen LogP contribution in [0.1, 0.15) is 10.5 Å². The maximum absolute atomic E-state index is 13.0. The Hall–Kier alpha value is -2.93. The van der Waals surface area contributed by atoms with E-state index < -0.39 is 0 Å². The number of nitrogens with zero attached hydrogens (tertiary/aromatic N) is 1. The van der Waals surface area contributed by atoms with Crippen LogP contribution in [0, 0.1) is 5.82 Å². The number of halogens is 1. The van der Waals surface area contributed by atoms with Crippen molar-refractivity contribution in [2.24, 2.45) is 0 Å². The largest absolute Gasteiger partial charge is 0.497 e. The molecule has 0 radical (unpaired) electrons. The van der Waals surface area contributed by atoms with E-state index in [2.05, 4.69) is 10.3 Å². The van der Waals surface area contributed by atoms with Crippen molar-refractivity contribution in [3.05, 3.63) is 65.4 Å². The predicted molar refractivity (Wildman–Crippen MR) is 98.3 cm³/mol. The van der Waals surface area contributed by atoms with E-state index in [0.29, 0.717) is 18.0 Å². The van der Waals surface area contributed by atoms with E-state index in [1.165, 1.54) is 23.5 Å². The summed E-state index contributed by atoms with van der Waals surface area (Å²) < 4.78 is 23.6. The molecule has 3 rings (SSSR count). The van der Waals surface area contributed by atoms with Crippen molar-refractivity contribution in [2.75, 3.05) is 20.3 Å². The second-order valence-electron chi connectivity index (χ2n) is 5.33. The number of hydrogen-bond acceptors (Lipinski definition) is 5. The van der Waals surface area contributed by atoms with Crippen molar-refractivity contribution in [1.29, 1.82) is 0 Å². The van der Waals surface area contributed by atoms with Gasteiger partial charge < -0.3 is 14.8 Å². The number of benzene rings is 2. The first-order valence-electron chi connectivity index (χ1n) is 7.92. The second kappa shape index (κ2) is 8.44. The van der Waals surface area contributed by atoms with Gasteiger partial charge >= 0.3 is 0 Å². The molecule has 2 aromatic carbocycles. The van der Waals surface area contributed by atoms with Crippen LogP contribution in [0.25, 0.3) is 10.6 Å². The third-order valence-corrected chi connectivity index (χ3v) is 4.42. The minimum atomic E-state index is -0.361. The molecule has 0 fully saturated rings. The van der Waals surface area contributed by atoms with Crippen molar-refractivity contribution < 1.29 is 18.7 Å². The van der Waals surface area contributed by atoms with Crippen LogP contribution in [-0.2, 0) is 0 Å². The van der Waals surface area contributed by atoms with Crippen molar-refractivity contribution in [3.63, 3.8) is 0 Å². The van der Waals surface area contributed by atoms with E-state index in [9.17, 15) is 9.18 Å². The third kappa shape index (κ3) is 4.58. The van der Waals surface area contributed by atoms with Crippen LogP contribution in [0.5, 0.6) is 11.5 Å². The normalized spacial score (nSPS) is 10.4. The molecule has 0 saturated carbocycles. The number of thiazole rings is 1. The highest BCUT2D eigenvalue weighted by Gasteiger charge is 2.11. The van der Waals surface area contributed by atoms with Crippen LogP contribution < -0.4 is 14.8 Å². The van der Waals surface area contributed by atoms with Gasteiger partial charge in [-0.1, -0.05) is 6.07 Å². The van der Waals surface area contributed by atoms with Gasteiger partial charge in [0.1, 0.15) is 34.6 Å². The smallest absolute Gasteiger partial charge is 0.270 e. The summed E-state index contributed by atoms with van der Waals surface area (Å²) >= 11 is 1.40. The van der Waals surface area contributed by atoms with Crippen molar-refractivity contribution in [1.82, 2.24) is 10.3 Å². The lowest BCUT2D eigenvalue weighted by Crippen LogP contribution is -2.28. The van der Waals surface area contributed by atoms with Gasteiger partial charge in [-0.3, -0.25) is 4.79 Å². The lowest BCUT2D eigenvalue weighted by Gasteiger charge is -2.06. The van der Waals surface area contributed by atoms with E-state index in [-0.39, 0.29) is 18.3 Å². The average Bonchev–Trinajstić information content (AvgIpc) is 3.15. The molecule has 1 heterocycles. The molecule has 26 heavy (non-hydrogen) atoms. The van der Waals surface area contributed by atoms with Gasteiger partial charge in [-0.25, -0.2) is 9.37 Å². The van der Waals surface area contributed by atoms with Gasteiger partial charge in [-0.2, -0.15) is 0 Å². The van der Waals surface area contributed by atoms with Gasteiger partial charge in [0, 0.05) is 17.0 Å². The van der Waals surface area contributed by atoms with Crippen molar-refractivity contribution >= 4 is 17.2 Å². The molecule has 7 heteroatoms. The van der Waals surface area contributed by atoms with Crippen LogP contribution in [0.2, 0.25) is 0 Å². The van der Waals surface area contributed by atoms with Gasteiger partial charge in [-0.15, -0.1) is 11.3 Å². The molecule has 0 aliphatic heterocycles. The molecule has 1 amide bonds. The molecule has 0 atom stereocenters. The number of carbonyl (C=O) groups is 1. The molecule has 0 spiro atoms. The van der Waals surface area contributed by atoms with Crippen LogP contribution in [0.15, 0.2) is 53.9 Å². The molecule has 0 saturated heterocycles. The maximum Gasteiger partial charge on any atom is 0.270 e. The van der Waals surface area contributed by atoms with Crippen LogP contribution >= 0.6 is 11.3 Å².